The third-order valence-corrected chi connectivity index (χ3v) is 4.83. The molecule has 1 amide bonds. The van der Waals surface area contributed by atoms with Crippen molar-refractivity contribution in [2.75, 3.05) is 19.0 Å². The summed E-state index contributed by atoms with van der Waals surface area (Å²) < 4.78 is 10.2. The normalized spacial score (nSPS) is 10.3. The van der Waals surface area contributed by atoms with Crippen molar-refractivity contribution >= 4 is 46.5 Å². The summed E-state index contributed by atoms with van der Waals surface area (Å²) in [6.07, 6.45) is 0. The van der Waals surface area contributed by atoms with Gasteiger partial charge in [-0.2, -0.15) is 0 Å². The van der Waals surface area contributed by atoms with Gasteiger partial charge in [0.25, 0.3) is 5.91 Å². The van der Waals surface area contributed by atoms with Crippen molar-refractivity contribution in [2.24, 2.45) is 0 Å². The van der Waals surface area contributed by atoms with Gasteiger partial charge in [-0.1, -0.05) is 35.3 Å². The van der Waals surface area contributed by atoms with Crippen LogP contribution in [0.5, 0.6) is 5.75 Å². The van der Waals surface area contributed by atoms with E-state index >= 15 is 0 Å². The van der Waals surface area contributed by atoms with Crippen molar-refractivity contribution in [2.45, 2.75) is 0 Å². The number of amides is 1. The highest BCUT2D eigenvalue weighted by molar-refractivity contribution is 6.37. The van der Waals surface area contributed by atoms with Crippen molar-refractivity contribution in [3.8, 4) is 5.75 Å². The Balaban J connectivity index is 1.58. The maximum absolute atomic E-state index is 12.3. The molecule has 0 aliphatic heterocycles. The van der Waals surface area contributed by atoms with Crippen LogP contribution < -0.4 is 10.1 Å². The van der Waals surface area contributed by atoms with Crippen LogP contribution in [0.3, 0.4) is 0 Å². The molecule has 0 saturated carbocycles. The molecule has 31 heavy (non-hydrogen) atoms. The van der Waals surface area contributed by atoms with Crippen LogP contribution in [0.15, 0.2) is 66.7 Å². The van der Waals surface area contributed by atoms with Gasteiger partial charge >= 0.3 is 5.97 Å². The molecule has 0 unspecified atom stereocenters. The summed E-state index contributed by atoms with van der Waals surface area (Å²) in [5.74, 6) is -0.888. The Morgan fingerprint density at radius 1 is 0.903 bits per heavy atom. The van der Waals surface area contributed by atoms with E-state index in [4.69, 9.17) is 32.7 Å². The second-order valence-electron chi connectivity index (χ2n) is 6.39. The molecule has 3 aromatic rings. The lowest BCUT2D eigenvalue weighted by atomic mass is 10.1. The van der Waals surface area contributed by atoms with Crippen LogP contribution in [-0.4, -0.2) is 31.4 Å². The standard InChI is InChI=1S/C23H17Cl2NO5/c1-30-18-4-2-3-15(11-18)21(27)13-31-23(29)14-5-8-17(9-6-14)26-22(28)19-10-7-16(24)12-20(19)25/h2-12H,13H2,1H3,(H,26,28). The van der Waals surface area contributed by atoms with Crippen LogP contribution in [0.1, 0.15) is 31.1 Å². The summed E-state index contributed by atoms with van der Waals surface area (Å²) in [6.45, 7) is -0.403. The van der Waals surface area contributed by atoms with Crippen LogP contribution >= 0.6 is 23.2 Å². The molecule has 8 heteroatoms. The van der Waals surface area contributed by atoms with Crippen molar-refractivity contribution < 1.29 is 23.9 Å². The van der Waals surface area contributed by atoms with Gasteiger partial charge in [0.05, 0.1) is 23.3 Å². The predicted molar refractivity (Wildman–Crippen MR) is 118 cm³/mol. The van der Waals surface area contributed by atoms with Crippen LogP contribution in [0.4, 0.5) is 5.69 Å². The molecule has 1 N–H and O–H groups in total. The first kappa shape index (κ1) is 22.3. The smallest absolute Gasteiger partial charge is 0.338 e. The number of ether oxygens (including phenoxy) is 2. The first-order valence-corrected chi connectivity index (χ1v) is 9.84. The topological polar surface area (TPSA) is 81.7 Å². The molecule has 158 valence electrons. The van der Waals surface area contributed by atoms with Gasteiger partial charge in [-0.25, -0.2) is 4.79 Å². The van der Waals surface area contributed by atoms with Gasteiger partial charge in [-0.15, -0.1) is 0 Å². The quantitative estimate of drug-likeness (QED) is 0.384. The molecule has 6 nitrogen and oxygen atoms in total. The van der Waals surface area contributed by atoms with E-state index in [1.165, 1.54) is 31.4 Å². The molecule has 3 rings (SSSR count). The van der Waals surface area contributed by atoms with E-state index in [9.17, 15) is 14.4 Å². The molecule has 0 heterocycles. The second kappa shape index (κ2) is 10.1. The molecular weight excluding hydrogens is 441 g/mol. The average molecular weight is 458 g/mol. The van der Waals surface area contributed by atoms with E-state index in [2.05, 4.69) is 5.32 Å². The second-order valence-corrected chi connectivity index (χ2v) is 7.23. The Hall–Kier alpha value is -3.35. The lowest BCUT2D eigenvalue weighted by Gasteiger charge is -2.08. The van der Waals surface area contributed by atoms with Gasteiger partial charge in [0.2, 0.25) is 0 Å². The number of rotatable bonds is 7. The van der Waals surface area contributed by atoms with Crippen molar-refractivity contribution in [1.29, 1.82) is 0 Å². The number of anilines is 1. The van der Waals surface area contributed by atoms with E-state index in [0.29, 0.717) is 22.0 Å². The van der Waals surface area contributed by atoms with Crippen molar-refractivity contribution in [1.82, 2.24) is 0 Å². The summed E-state index contributed by atoms with van der Waals surface area (Å²) in [7, 11) is 1.50. The van der Waals surface area contributed by atoms with E-state index < -0.39 is 18.5 Å². The number of benzene rings is 3. The Morgan fingerprint density at radius 2 is 1.65 bits per heavy atom. The first-order chi connectivity index (χ1) is 14.9. The van der Waals surface area contributed by atoms with Crippen LogP contribution in [0.25, 0.3) is 0 Å². The van der Waals surface area contributed by atoms with E-state index in [1.54, 1.807) is 42.5 Å². The highest BCUT2D eigenvalue weighted by Crippen LogP contribution is 2.22. The fourth-order valence-corrected chi connectivity index (χ4v) is 3.15. The summed E-state index contributed by atoms with van der Waals surface area (Å²) >= 11 is 11.9. The number of carbonyl (C=O) groups excluding carboxylic acids is 3. The molecule has 0 saturated heterocycles. The molecule has 0 aliphatic carbocycles. The molecule has 0 atom stereocenters. The fraction of sp³-hybridized carbons (Fsp3) is 0.0870. The minimum Gasteiger partial charge on any atom is -0.497 e. The summed E-state index contributed by atoms with van der Waals surface area (Å²) in [6, 6.07) is 17.2. The molecule has 0 radical (unpaired) electrons. The van der Waals surface area contributed by atoms with Gasteiger partial charge in [0.15, 0.2) is 12.4 Å². The number of hydrogen-bond acceptors (Lipinski definition) is 5. The number of carbonyl (C=O) groups is 3. The maximum Gasteiger partial charge on any atom is 0.338 e. The highest BCUT2D eigenvalue weighted by atomic mass is 35.5. The molecule has 0 fully saturated rings. The largest absolute Gasteiger partial charge is 0.497 e. The monoisotopic (exact) mass is 457 g/mol. The molecule has 0 aromatic heterocycles. The van der Waals surface area contributed by atoms with E-state index in [0.717, 1.165) is 0 Å². The Morgan fingerprint density at radius 3 is 2.32 bits per heavy atom. The number of hydrogen-bond donors (Lipinski definition) is 1. The minimum absolute atomic E-state index is 0.228. The Bertz CT molecular complexity index is 1130. The zero-order valence-electron chi connectivity index (χ0n) is 16.4. The lowest BCUT2D eigenvalue weighted by Crippen LogP contribution is -2.15. The molecule has 0 bridgehead atoms. The maximum atomic E-state index is 12.3. The Kier molecular flexibility index (Phi) is 7.28. The third-order valence-electron chi connectivity index (χ3n) is 4.28. The van der Waals surface area contributed by atoms with Crippen molar-refractivity contribution in [3.05, 3.63) is 93.5 Å². The lowest BCUT2D eigenvalue weighted by molar-refractivity contribution is 0.0474. The first-order valence-electron chi connectivity index (χ1n) is 9.08. The summed E-state index contributed by atoms with van der Waals surface area (Å²) in [5.41, 5.74) is 1.35. The number of methoxy groups -OCH3 is 1. The van der Waals surface area contributed by atoms with E-state index in [1.807, 2.05) is 0 Å². The number of nitrogens with one attached hydrogen (secondary N) is 1. The van der Waals surface area contributed by atoms with Gasteiger partial charge in [-0.3, -0.25) is 9.59 Å². The zero-order chi connectivity index (χ0) is 22.4. The van der Waals surface area contributed by atoms with Gasteiger partial charge in [-0.05, 0) is 54.6 Å². The molecular formula is C23H17Cl2NO5. The average Bonchev–Trinajstić information content (AvgIpc) is 2.77. The number of esters is 1. The third kappa shape index (κ3) is 5.84. The minimum atomic E-state index is -0.658. The molecule has 0 aliphatic rings. The van der Waals surface area contributed by atoms with Crippen LogP contribution in [0.2, 0.25) is 10.0 Å². The highest BCUT2D eigenvalue weighted by Gasteiger charge is 2.14. The Labute approximate surface area is 188 Å². The fourth-order valence-electron chi connectivity index (χ4n) is 2.66. The van der Waals surface area contributed by atoms with Gasteiger partial charge < -0.3 is 14.8 Å². The van der Waals surface area contributed by atoms with Crippen LogP contribution in [0, 0.1) is 0 Å². The van der Waals surface area contributed by atoms with Crippen LogP contribution in [-0.2, 0) is 4.74 Å². The number of Topliss-reactive ketones (excluding diaryl/α,β-unsaturated/α-hetero) is 1. The van der Waals surface area contributed by atoms with Gasteiger partial charge in [0.1, 0.15) is 5.75 Å². The zero-order valence-corrected chi connectivity index (χ0v) is 17.9. The van der Waals surface area contributed by atoms with E-state index in [-0.39, 0.29) is 21.9 Å². The van der Waals surface area contributed by atoms with Crippen molar-refractivity contribution in [3.63, 3.8) is 0 Å². The number of ketones is 1. The summed E-state index contributed by atoms with van der Waals surface area (Å²) in [4.78, 5) is 36.8. The summed E-state index contributed by atoms with van der Waals surface area (Å²) in [5, 5.41) is 3.34. The predicted octanol–water partition coefficient (Wildman–Crippen LogP) is 5.29. The van der Waals surface area contributed by atoms with Gasteiger partial charge in [0, 0.05) is 16.3 Å². The molecule has 3 aromatic carbocycles. The SMILES string of the molecule is COc1cccc(C(=O)COC(=O)c2ccc(NC(=O)c3ccc(Cl)cc3Cl)cc2)c1. The molecule has 0 spiro atoms. The number of halogens is 2.